The molecule has 0 aliphatic rings. The first-order valence-corrected chi connectivity index (χ1v) is 8.66. The molecule has 0 bridgehead atoms. The highest BCUT2D eigenvalue weighted by molar-refractivity contribution is 7.97. The number of aryl methyl sites for hydroxylation is 1. The molecule has 0 atom stereocenters. The lowest BCUT2D eigenvalue weighted by Gasteiger charge is -1.99. The van der Waals surface area contributed by atoms with Gasteiger partial charge < -0.3 is 5.32 Å². The van der Waals surface area contributed by atoms with Crippen LogP contribution in [0.4, 0.5) is 5.69 Å². The summed E-state index contributed by atoms with van der Waals surface area (Å²) < 4.78 is 0. The summed E-state index contributed by atoms with van der Waals surface area (Å²) in [4.78, 5) is 15.4. The number of anilines is 1. The molecule has 1 heterocycles. The maximum Gasteiger partial charge on any atom is 0.168 e. The molecule has 2 aromatic rings. The maximum absolute atomic E-state index is 10.3. The minimum atomic E-state index is 0.513. The Morgan fingerprint density at radius 3 is 2.39 bits per heavy atom. The molecule has 0 saturated heterocycles. The fraction of sp³-hybridized carbons (Fsp3) is 0.333. The number of benzene rings is 1. The number of rotatable bonds is 7. The van der Waals surface area contributed by atoms with Gasteiger partial charge in [-0.1, -0.05) is 25.8 Å². The van der Waals surface area contributed by atoms with Crippen LogP contribution in [0.2, 0.25) is 0 Å². The predicted octanol–water partition coefficient (Wildman–Crippen LogP) is 4.32. The van der Waals surface area contributed by atoms with Crippen molar-refractivity contribution in [2.75, 3.05) is 12.4 Å². The summed E-state index contributed by atoms with van der Waals surface area (Å²) in [7, 11) is 1.89. The Labute approximate surface area is 143 Å². The van der Waals surface area contributed by atoms with E-state index in [0.29, 0.717) is 5.69 Å². The van der Waals surface area contributed by atoms with E-state index in [1.165, 1.54) is 36.8 Å². The summed E-state index contributed by atoms with van der Waals surface area (Å²) in [6.07, 6.45) is 7.34. The lowest BCUT2D eigenvalue weighted by Crippen LogP contribution is -1.90. The third-order valence-electron chi connectivity index (χ3n) is 3.32. The normalized spacial score (nSPS) is 9.70. The molecule has 5 heteroatoms. The Balaban J connectivity index is 0.000000238. The average molecular weight is 331 g/mol. The monoisotopic (exact) mass is 331 g/mol. The Bertz CT molecular complexity index is 532. The van der Waals surface area contributed by atoms with Gasteiger partial charge in [0.25, 0.3) is 0 Å². The van der Waals surface area contributed by atoms with Crippen LogP contribution in [0, 0.1) is 0 Å². The van der Waals surface area contributed by atoms with Gasteiger partial charge in [0.05, 0.1) is 0 Å². The molecular formula is C18H25N3OS. The van der Waals surface area contributed by atoms with Crippen LogP contribution in [0.3, 0.4) is 0 Å². The van der Waals surface area contributed by atoms with Gasteiger partial charge in [0.2, 0.25) is 0 Å². The van der Waals surface area contributed by atoms with Gasteiger partial charge in [-0.15, -0.1) is 0 Å². The van der Waals surface area contributed by atoms with E-state index in [9.17, 15) is 4.79 Å². The largest absolute Gasteiger partial charge is 0.388 e. The zero-order valence-electron chi connectivity index (χ0n) is 13.8. The Kier molecular flexibility index (Phi) is 9.75. The highest BCUT2D eigenvalue weighted by Gasteiger charge is 1.94. The minimum Gasteiger partial charge on any atom is -0.388 e. The second-order valence-corrected chi connectivity index (χ2v) is 5.77. The van der Waals surface area contributed by atoms with Gasteiger partial charge in [-0.3, -0.25) is 14.9 Å². The van der Waals surface area contributed by atoms with Gasteiger partial charge in [-0.25, -0.2) is 0 Å². The summed E-state index contributed by atoms with van der Waals surface area (Å²) in [5, 5.41) is 8.37. The lowest BCUT2D eigenvalue weighted by molar-refractivity contribution is 0.111. The molecule has 124 valence electrons. The number of carbonyl (C=O) groups excluding carboxylic acids is 1. The van der Waals surface area contributed by atoms with E-state index in [1.54, 1.807) is 12.3 Å². The molecule has 0 aliphatic heterocycles. The summed E-state index contributed by atoms with van der Waals surface area (Å²) >= 11 is 1.26. The van der Waals surface area contributed by atoms with Crippen molar-refractivity contribution in [2.24, 2.45) is 5.14 Å². The van der Waals surface area contributed by atoms with Crippen molar-refractivity contribution in [3.63, 3.8) is 0 Å². The van der Waals surface area contributed by atoms with Gasteiger partial charge in [0.15, 0.2) is 6.29 Å². The van der Waals surface area contributed by atoms with Crippen molar-refractivity contribution in [1.29, 1.82) is 0 Å². The molecule has 3 N–H and O–H groups in total. The molecule has 2 rings (SSSR count). The van der Waals surface area contributed by atoms with E-state index >= 15 is 0 Å². The third-order valence-corrected chi connectivity index (χ3v) is 3.86. The van der Waals surface area contributed by atoms with Crippen molar-refractivity contribution in [1.82, 2.24) is 4.98 Å². The summed E-state index contributed by atoms with van der Waals surface area (Å²) in [5.74, 6) is 0. The number of nitrogens with two attached hydrogens (primary N) is 1. The van der Waals surface area contributed by atoms with Gasteiger partial charge in [-0.2, -0.15) is 0 Å². The standard InChI is InChI=1S/C11H15NO.C7H10N2S/c1-2-3-4-5-10-6-7-11(9-13)12-8-10;1-9-6-2-4-7(10-8)5-3-6/h6-9H,2-5H2,1H3;2-5,9H,8H2,1H3. The smallest absolute Gasteiger partial charge is 0.168 e. The van der Waals surface area contributed by atoms with Gasteiger partial charge in [0, 0.05) is 23.8 Å². The summed E-state index contributed by atoms with van der Waals surface area (Å²) in [6.45, 7) is 2.19. The van der Waals surface area contributed by atoms with Crippen LogP contribution < -0.4 is 10.5 Å². The number of carbonyl (C=O) groups is 1. The number of aromatic nitrogens is 1. The average Bonchev–Trinajstić information content (AvgIpc) is 2.63. The Morgan fingerprint density at radius 1 is 1.17 bits per heavy atom. The predicted molar refractivity (Wildman–Crippen MR) is 98.9 cm³/mol. The molecule has 4 nitrogen and oxygen atoms in total. The highest BCUT2D eigenvalue weighted by Crippen LogP contribution is 2.14. The maximum atomic E-state index is 10.3. The molecule has 1 aromatic carbocycles. The zero-order valence-corrected chi connectivity index (χ0v) is 14.6. The number of nitrogens with one attached hydrogen (secondary N) is 1. The van der Waals surface area contributed by atoms with E-state index in [4.69, 9.17) is 5.14 Å². The Hall–Kier alpha value is -1.85. The molecule has 0 spiro atoms. The molecule has 1 aromatic heterocycles. The number of nitrogens with zero attached hydrogens (tertiary/aromatic N) is 1. The van der Waals surface area contributed by atoms with Crippen molar-refractivity contribution in [2.45, 2.75) is 37.5 Å². The van der Waals surface area contributed by atoms with E-state index in [1.807, 2.05) is 37.4 Å². The van der Waals surface area contributed by atoms with Crippen molar-refractivity contribution >= 4 is 23.9 Å². The van der Waals surface area contributed by atoms with E-state index in [-0.39, 0.29) is 0 Å². The molecule has 0 radical (unpaired) electrons. The van der Waals surface area contributed by atoms with Crippen molar-refractivity contribution in [3.8, 4) is 0 Å². The van der Waals surface area contributed by atoms with Crippen LogP contribution in [0.1, 0.15) is 42.2 Å². The van der Waals surface area contributed by atoms with Crippen LogP contribution in [0.25, 0.3) is 0 Å². The third kappa shape index (κ3) is 7.81. The second kappa shape index (κ2) is 11.7. The number of unbranched alkanes of at least 4 members (excludes halogenated alkanes) is 2. The molecule has 0 amide bonds. The zero-order chi connectivity index (χ0) is 16.9. The fourth-order valence-electron chi connectivity index (χ4n) is 1.93. The number of pyridine rings is 1. The molecular weight excluding hydrogens is 306 g/mol. The minimum absolute atomic E-state index is 0.513. The van der Waals surface area contributed by atoms with E-state index in [0.717, 1.165) is 23.3 Å². The molecule has 0 aliphatic carbocycles. The van der Waals surface area contributed by atoms with Crippen LogP contribution >= 0.6 is 11.9 Å². The first-order valence-electron chi connectivity index (χ1n) is 7.78. The quantitative estimate of drug-likeness (QED) is 0.449. The first kappa shape index (κ1) is 19.2. The van der Waals surface area contributed by atoms with Crippen LogP contribution in [-0.2, 0) is 6.42 Å². The summed E-state index contributed by atoms with van der Waals surface area (Å²) in [6, 6.07) is 11.7. The van der Waals surface area contributed by atoms with E-state index < -0.39 is 0 Å². The van der Waals surface area contributed by atoms with Crippen molar-refractivity contribution in [3.05, 3.63) is 53.9 Å². The second-order valence-electron chi connectivity index (χ2n) is 5.06. The number of hydrogen-bond acceptors (Lipinski definition) is 5. The molecule has 0 unspecified atom stereocenters. The number of hydrogen-bond donors (Lipinski definition) is 2. The van der Waals surface area contributed by atoms with Crippen LogP contribution in [0.5, 0.6) is 0 Å². The SMILES string of the molecule is CCCCCc1ccc(C=O)nc1.CNc1ccc(SN)cc1. The summed E-state index contributed by atoms with van der Waals surface area (Å²) in [5.41, 5.74) is 2.84. The molecule has 23 heavy (non-hydrogen) atoms. The topological polar surface area (TPSA) is 68.0 Å². The van der Waals surface area contributed by atoms with Crippen LogP contribution in [0.15, 0.2) is 47.5 Å². The fourth-order valence-corrected chi connectivity index (χ4v) is 2.23. The van der Waals surface area contributed by atoms with Gasteiger partial charge in [0.1, 0.15) is 5.69 Å². The highest BCUT2D eigenvalue weighted by atomic mass is 32.2. The lowest BCUT2D eigenvalue weighted by atomic mass is 10.1. The van der Waals surface area contributed by atoms with Crippen molar-refractivity contribution < 1.29 is 4.79 Å². The van der Waals surface area contributed by atoms with Crippen LogP contribution in [-0.4, -0.2) is 18.3 Å². The first-order chi connectivity index (χ1) is 11.2. The van der Waals surface area contributed by atoms with Gasteiger partial charge in [-0.05, 0) is 60.7 Å². The number of aldehydes is 1. The van der Waals surface area contributed by atoms with E-state index in [2.05, 4.69) is 17.2 Å². The molecule has 0 fully saturated rings. The van der Waals surface area contributed by atoms with Gasteiger partial charge >= 0.3 is 0 Å². The Morgan fingerprint density at radius 2 is 1.91 bits per heavy atom. The molecule has 0 saturated carbocycles.